The number of aliphatic hydroxyl groups is 2. The molecule has 1 saturated carbocycles. The number of unbranched alkanes of at least 4 members (excludes halogenated alkanes) is 10. The molecule has 10 heteroatoms. The Kier molecular flexibility index (Phi) is 20.1. The largest absolute Gasteiger partial charge is 0.459 e. The lowest BCUT2D eigenvalue weighted by Crippen LogP contribution is -2.70. The van der Waals surface area contributed by atoms with Gasteiger partial charge in [0.2, 0.25) is 11.7 Å². The minimum atomic E-state index is -1.34. The molecule has 372 valence electrons. The highest BCUT2D eigenvalue weighted by Crippen LogP contribution is 2.62. The van der Waals surface area contributed by atoms with Crippen molar-refractivity contribution in [3.05, 3.63) is 120 Å². The Bertz CT molecular complexity index is 2310. The molecule has 0 radical (unpaired) electrons. The minimum absolute atomic E-state index is 0.0695. The first kappa shape index (κ1) is 52.2. The number of carbonyl (C=O) groups excluding carboxylic acids is 1. The topological polar surface area (TPSA) is 110 Å². The van der Waals surface area contributed by atoms with Crippen LogP contribution >= 0.6 is 11.8 Å². The van der Waals surface area contributed by atoms with Crippen LogP contribution in [0.5, 0.6) is 17.2 Å². The van der Waals surface area contributed by atoms with Crippen LogP contribution in [0, 0.1) is 17.8 Å². The number of aliphatic hydroxyl groups excluding tert-OH is 2. The van der Waals surface area contributed by atoms with E-state index in [-0.39, 0.29) is 43.5 Å². The van der Waals surface area contributed by atoms with E-state index >= 15 is 4.79 Å². The summed E-state index contributed by atoms with van der Waals surface area (Å²) in [6.07, 6.45) is 22.3. The van der Waals surface area contributed by atoms with Crippen molar-refractivity contribution >= 4 is 34.2 Å². The molecule has 69 heavy (non-hydrogen) atoms. The van der Waals surface area contributed by atoms with Gasteiger partial charge in [0, 0.05) is 49.0 Å². The summed E-state index contributed by atoms with van der Waals surface area (Å²) in [4.78, 5) is 24.7. The summed E-state index contributed by atoms with van der Waals surface area (Å²) in [5.41, 5.74) is 3.93. The van der Waals surface area contributed by atoms with Crippen molar-refractivity contribution in [1.82, 2.24) is 4.90 Å². The van der Waals surface area contributed by atoms with E-state index in [2.05, 4.69) is 91.4 Å². The Morgan fingerprint density at radius 1 is 0.855 bits per heavy atom. The van der Waals surface area contributed by atoms with Crippen molar-refractivity contribution in [2.45, 2.75) is 152 Å². The van der Waals surface area contributed by atoms with Crippen LogP contribution in [0.15, 0.2) is 119 Å². The van der Waals surface area contributed by atoms with Crippen molar-refractivity contribution in [3.63, 3.8) is 0 Å². The standard InChI is InChI=1S/C59H78N2O7S/c1-5-8-9-10-11-12-13-14-15-29-56(64)61(42-45-26-22-25-43-23-16-17-27-49(43)45)55-41-53(60-66-7-3)51-39-44(24-18-20-36-62)50(28-19-21-37-63)57-52-40-47(67-46-30-33-48(69-4)34-31-46)32-35-54(52)68-59(55,58(51)57)65-38-6-2/h6,16-17,22-23,25-27,30-35,39-40,44,50,55,57-58,62-63H,2,5,7-15,18-21,24,28-29,36-38,41-42H2,1,3-4H3. The highest BCUT2D eigenvalue weighted by Gasteiger charge is 2.65. The molecule has 6 atom stereocenters. The summed E-state index contributed by atoms with van der Waals surface area (Å²) in [5, 5.41) is 27.3. The van der Waals surface area contributed by atoms with E-state index in [1.165, 1.54) is 38.5 Å². The molecule has 2 aliphatic carbocycles. The average Bonchev–Trinajstić information content (AvgIpc) is 3.37. The van der Waals surface area contributed by atoms with E-state index in [0.29, 0.717) is 50.3 Å². The number of benzene rings is 4. The van der Waals surface area contributed by atoms with Gasteiger partial charge in [0.1, 0.15) is 29.9 Å². The molecule has 1 aliphatic heterocycles. The lowest BCUT2D eigenvalue weighted by atomic mass is 9.55. The zero-order valence-electron chi connectivity index (χ0n) is 41.6. The van der Waals surface area contributed by atoms with E-state index in [1.807, 2.05) is 31.2 Å². The number of thioether (sulfide) groups is 1. The van der Waals surface area contributed by atoms with Gasteiger partial charge in [0.15, 0.2) is 0 Å². The molecular formula is C59H78N2O7S. The molecule has 2 N–H and O–H groups in total. The number of nitrogens with zero attached hydrogens (tertiary/aromatic N) is 2. The van der Waals surface area contributed by atoms with Gasteiger partial charge in [-0.3, -0.25) is 4.79 Å². The molecule has 7 rings (SSSR count). The minimum Gasteiger partial charge on any atom is -0.459 e. The fourth-order valence-electron chi connectivity index (χ4n) is 11.4. The number of amides is 1. The van der Waals surface area contributed by atoms with Crippen molar-refractivity contribution < 1.29 is 34.1 Å². The molecule has 0 spiro atoms. The summed E-state index contributed by atoms with van der Waals surface area (Å²) in [6.45, 7) is 9.57. The van der Waals surface area contributed by atoms with Gasteiger partial charge in [-0.1, -0.05) is 131 Å². The highest BCUT2D eigenvalue weighted by atomic mass is 32.2. The lowest BCUT2D eigenvalue weighted by molar-refractivity contribution is -0.258. The predicted octanol–water partition coefficient (Wildman–Crippen LogP) is 14.0. The Morgan fingerprint density at radius 2 is 1.57 bits per heavy atom. The zero-order valence-corrected chi connectivity index (χ0v) is 42.4. The molecule has 0 bridgehead atoms. The monoisotopic (exact) mass is 959 g/mol. The van der Waals surface area contributed by atoms with Gasteiger partial charge in [0.05, 0.1) is 18.2 Å². The molecule has 1 heterocycles. The van der Waals surface area contributed by atoms with Crippen molar-refractivity contribution in [3.8, 4) is 17.2 Å². The Morgan fingerprint density at radius 3 is 2.29 bits per heavy atom. The number of hydrogen-bond donors (Lipinski definition) is 2. The van der Waals surface area contributed by atoms with Gasteiger partial charge in [-0.05, 0) is 121 Å². The number of hydrogen-bond acceptors (Lipinski definition) is 9. The number of ether oxygens (including phenoxy) is 3. The highest BCUT2D eigenvalue weighted by molar-refractivity contribution is 7.98. The maximum Gasteiger partial charge on any atom is 0.239 e. The van der Waals surface area contributed by atoms with Crippen LogP contribution in [0.3, 0.4) is 0 Å². The molecule has 0 aromatic heterocycles. The summed E-state index contributed by atoms with van der Waals surface area (Å²) in [5.74, 6) is 0.565. The third-order valence-electron chi connectivity index (χ3n) is 14.7. The van der Waals surface area contributed by atoms with Crippen molar-refractivity contribution in [1.29, 1.82) is 0 Å². The zero-order chi connectivity index (χ0) is 48.4. The molecule has 0 saturated heterocycles. The molecule has 1 amide bonds. The first-order valence-electron chi connectivity index (χ1n) is 26.2. The average molecular weight is 959 g/mol. The van der Waals surface area contributed by atoms with Gasteiger partial charge in [-0.2, -0.15) is 0 Å². The van der Waals surface area contributed by atoms with Crippen LogP contribution in [0.2, 0.25) is 0 Å². The third-order valence-corrected chi connectivity index (χ3v) is 15.4. The molecule has 4 aromatic carbocycles. The summed E-state index contributed by atoms with van der Waals surface area (Å²) < 4.78 is 21.5. The van der Waals surface area contributed by atoms with Crippen LogP contribution in [-0.4, -0.2) is 71.2 Å². The van der Waals surface area contributed by atoms with E-state index in [9.17, 15) is 10.2 Å². The number of fused-ring (bicyclic) bond motifs is 3. The Labute approximate surface area is 416 Å². The van der Waals surface area contributed by atoms with E-state index < -0.39 is 17.7 Å². The number of allylic oxidation sites excluding steroid dienone is 1. The van der Waals surface area contributed by atoms with Crippen LogP contribution < -0.4 is 9.47 Å². The van der Waals surface area contributed by atoms with Crippen LogP contribution in [-0.2, 0) is 20.9 Å². The van der Waals surface area contributed by atoms with E-state index in [0.717, 1.165) is 88.8 Å². The fraction of sp³-hybridized carbons (Fsp3) is 0.525. The van der Waals surface area contributed by atoms with Crippen LogP contribution in [0.4, 0.5) is 0 Å². The summed E-state index contributed by atoms with van der Waals surface area (Å²) >= 11 is 1.69. The van der Waals surface area contributed by atoms with Crippen molar-refractivity contribution in [2.75, 3.05) is 32.7 Å². The molecule has 1 fully saturated rings. The van der Waals surface area contributed by atoms with Crippen LogP contribution in [0.25, 0.3) is 10.8 Å². The summed E-state index contributed by atoms with van der Waals surface area (Å²) in [6, 6.07) is 28.5. The number of oxime groups is 1. The maximum atomic E-state index is 15.4. The first-order valence-corrected chi connectivity index (χ1v) is 27.4. The van der Waals surface area contributed by atoms with Gasteiger partial charge in [-0.25, -0.2) is 0 Å². The molecule has 9 nitrogen and oxygen atoms in total. The smallest absolute Gasteiger partial charge is 0.239 e. The second-order valence-corrected chi connectivity index (χ2v) is 20.1. The van der Waals surface area contributed by atoms with E-state index in [4.69, 9.17) is 24.2 Å². The first-order chi connectivity index (χ1) is 33.9. The normalized spacial score (nSPS) is 22.1. The molecule has 3 aliphatic rings. The molecular weight excluding hydrogens is 881 g/mol. The lowest BCUT2D eigenvalue weighted by Gasteiger charge is -2.60. The van der Waals surface area contributed by atoms with Crippen molar-refractivity contribution in [2.24, 2.45) is 22.9 Å². The van der Waals surface area contributed by atoms with E-state index in [1.54, 1.807) is 17.8 Å². The Hall–Kier alpha value is -4.61. The predicted molar refractivity (Wildman–Crippen MR) is 281 cm³/mol. The second kappa shape index (κ2) is 26.6. The van der Waals surface area contributed by atoms with Gasteiger partial charge in [0.25, 0.3) is 0 Å². The fourth-order valence-corrected chi connectivity index (χ4v) is 11.8. The SMILES string of the molecule is C=CCOC12Oc3ccc(Oc4ccc(SC)cc4)cc3C3C(CCCCO)C(CCCCO)C=C(C(=NOCC)CC1N(Cc1cccc4ccccc14)C(=O)CCCCCCCCCCC)C32. The number of rotatable bonds is 29. The van der Waals surface area contributed by atoms with Gasteiger partial charge in [-0.15, -0.1) is 18.3 Å². The third kappa shape index (κ3) is 12.8. The number of carbonyl (C=O) groups is 1. The van der Waals surface area contributed by atoms with Crippen LogP contribution in [0.1, 0.15) is 140 Å². The Balaban J connectivity index is 1.38. The quantitative estimate of drug-likeness (QED) is 0.0240. The maximum absolute atomic E-state index is 15.4. The second-order valence-electron chi connectivity index (χ2n) is 19.2. The molecule has 4 aromatic rings. The van der Waals surface area contributed by atoms with Gasteiger partial charge < -0.3 is 34.2 Å². The summed E-state index contributed by atoms with van der Waals surface area (Å²) in [7, 11) is 0. The molecule has 6 unspecified atom stereocenters. The van der Waals surface area contributed by atoms with Gasteiger partial charge >= 0.3 is 0 Å².